The number of benzene rings is 1. The molecule has 1 aromatic carbocycles. The predicted molar refractivity (Wildman–Crippen MR) is 76.7 cm³/mol. The summed E-state index contributed by atoms with van der Waals surface area (Å²) in [6.07, 6.45) is 0. The third-order valence-corrected chi connectivity index (χ3v) is 3.59. The summed E-state index contributed by atoms with van der Waals surface area (Å²) in [4.78, 5) is 21.8. The van der Waals surface area contributed by atoms with Gasteiger partial charge in [0, 0.05) is 6.07 Å². The lowest BCUT2D eigenvalue weighted by Gasteiger charge is -2.04. The van der Waals surface area contributed by atoms with Crippen molar-refractivity contribution in [1.29, 1.82) is 0 Å². The van der Waals surface area contributed by atoms with Crippen LogP contribution in [0.4, 0.5) is 5.69 Å². The summed E-state index contributed by atoms with van der Waals surface area (Å²) in [7, 11) is 0. The summed E-state index contributed by atoms with van der Waals surface area (Å²) in [5.41, 5.74) is -0.225. The van der Waals surface area contributed by atoms with E-state index in [-0.39, 0.29) is 28.2 Å². The van der Waals surface area contributed by atoms with Gasteiger partial charge in [0.2, 0.25) is 10.8 Å². The molecule has 1 aromatic heterocycles. The van der Waals surface area contributed by atoms with Gasteiger partial charge in [-0.1, -0.05) is 11.2 Å². The zero-order valence-electron chi connectivity index (χ0n) is 10.6. The molecule has 0 spiro atoms. The van der Waals surface area contributed by atoms with Crippen molar-refractivity contribution in [2.75, 3.05) is 6.61 Å². The molecule has 0 aliphatic rings. The van der Waals surface area contributed by atoms with Crippen molar-refractivity contribution in [1.82, 2.24) is 10.2 Å². The van der Waals surface area contributed by atoms with Gasteiger partial charge in [0.05, 0.1) is 16.0 Å². The van der Waals surface area contributed by atoms with Gasteiger partial charge in [0.15, 0.2) is 0 Å². The number of hydrogen-bond donors (Lipinski definition) is 0. The van der Waals surface area contributed by atoms with Crippen LogP contribution in [0.15, 0.2) is 22.7 Å². The number of hydrogen-bond acceptors (Lipinski definition) is 8. The molecule has 0 radical (unpaired) electrons. The number of halogens is 1. The highest BCUT2D eigenvalue weighted by atomic mass is 79.9. The Morgan fingerprint density at radius 2 is 2.24 bits per heavy atom. The van der Waals surface area contributed by atoms with Crippen molar-refractivity contribution in [2.24, 2.45) is 0 Å². The lowest BCUT2D eigenvalue weighted by atomic mass is 10.3. The van der Waals surface area contributed by atoms with Gasteiger partial charge in [-0.15, -0.1) is 5.10 Å². The molecule has 0 N–H and O–H groups in total. The van der Waals surface area contributed by atoms with Crippen LogP contribution in [0.5, 0.6) is 10.9 Å². The minimum absolute atomic E-state index is 0.00550. The van der Waals surface area contributed by atoms with Crippen molar-refractivity contribution >= 4 is 38.9 Å². The fraction of sp³-hybridized carbons (Fsp3) is 0.182. The Balaban J connectivity index is 2.27. The second-order valence-electron chi connectivity index (χ2n) is 3.54. The van der Waals surface area contributed by atoms with Crippen LogP contribution in [0.25, 0.3) is 0 Å². The lowest BCUT2D eigenvalue weighted by Crippen LogP contribution is -2.03. The van der Waals surface area contributed by atoms with Crippen molar-refractivity contribution < 1.29 is 19.2 Å². The zero-order valence-corrected chi connectivity index (χ0v) is 13.0. The van der Waals surface area contributed by atoms with Crippen LogP contribution < -0.4 is 4.74 Å². The summed E-state index contributed by atoms with van der Waals surface area (Å²) in [5, 5.41) is 18.3. The van der Waals surface area contributed by atoms with Crippen molar-refractivity contribution in [3.8, 4) is 10.9 Å². The number of aromatic nitrogens is 2. The number of nitrogens with zero attached hydrogens (tertiary/aromatic N) is 3. The fourth-order valence-corrected chi connectivity index (χ4v) is 2.39. The maximum Gasteiger partial charge on any atom is 0.369 e. The minimum Gasteiger partial charge on any atom is -0.461 e. The molecule has 2 rings (SSSR count). The van der Waals surface area contributed by atoms with Crippen LogP contribution in [0.1, 0.15) is 16.7 Å². The van der Waals surface area contributed by atoms with E-state index >= 15 is 0 Å². The van der Waals surface area contributed by atoms with E-state index in [1.165, 1.54) is 12.1 Å². The average molecular weight is 374 g/mol. The molecule has 10 heteroatoms. The molecule has 0 bridgehead atoms. The van der Waals surface area contributed by atoms with E-state index in [0.29, 0.717) is 4.47 Å². The molecule has 0 atom stereocenters. The van der Waals surface area contributed by atoms with Gasteiger partial charge in [-0.3, -0.25) is 10.1 Å². The highest BCUT2D eigenvalue weighted by Gasteiger charge is 2.21. The Kier molecular flexibility index (Phi) is 4.81. The Bertz CT molecular complexity index is 690. The predicted octanol–water partition coefficient (Wildman–Crippen LogP) is 3.18. The molecule has 0 amide bonds. The first kappa shape index (κ1) is 15.3. The smallest absolute Gasteiger partial charge is 0.369 e. The quantitative estimate of drug-likeness (QED) is 0.450. The molecule has 0 saturated carbocycles. The first-order valence-corrected chi connectivity index (χ1v) is 7.25. The standard InChI is InChI=1S/C11H8BrN3O5S/c1-2-19-10(16)9-13-14-11(21-9)20-8-6(12)4-3-5-7(8)15(17)18/h3-5H,2H2,1H3. The van der Waals surface area contributed by atoms with E-state index in [0.717, 1.165) is 11.3 Å². The number of rotatable bonds is 5. The van der Waals surface area contributed by atoms with Gasteiger partial charge >= 0.3 is 11.7 Å². The summed E-state index contributed by atoms with van der Waals surface area (Å²) in [5.74, 6) is -0.625. The Morgan fingerprint density at radius 1 is 1.48 bits per heavy atom. The molecular formula is C11H8BrN3O5S. The molecule has 21 heavy (non-hydrogen) atoms. The van der Waals surface area contributed by atoms with E-state index in [1.807, 2.05) is 0 Å². The molecule has 2 aromatic rings. The Morgan fingerprint density at radius 3 is 2.90 bits per heavy atom. The first-order valence-electron chi connectivity index (χ1n) is 5.64. The maximum atomic E-state index is 11.5. The Hall–Kier alpha value is -2.07. The van der Waals surface area contributed by atoms with E-state index in [9.17, 15) is 14.9 Å². The fourth-order valence-electron chi connectivity index (χ4n) is 1.36. The normalized spacial score (nSPS) is 10.2. The van der Waals surface area contributed by atoms with Crippen LogP contribution in [-0.2, 0) is 4.74 Å². The van der Waals surface area contributed by atoms with E-state index in [1.54, 1.807) is 13.0 Å². The van der Waals surface area contributed by atoms with Crippen LogP contribution in [0.2, 0.25) is 0 Å². The number of para-hydroxylation sites is 1. The van der Waals surface area contributed by atoms with Crippen LogP contribution >= 0.6 is 27.3 Å². The second kappa shape index (κ2) is 6.59. The van der Waals surface area contributed by atoms with Crippen molar-refractivity contribution in [3.63, 3.8) is 0 Å². The number of carbonyl (C=O) groups excluding carboxylic acids is 1. The molecule has 0 aliphatic heterocycles. The van der Waals surface area contributed by atoms with Gasteiger partial charge < -0.3 is 9.47 Å². The maximum absolute atomic E-state index is 11.5. The van der Waals surface area contributed by atoms with Gasteiger partial charge in [0.25, 0.3) is 5.19 Å². The van der Waals surface area contributed by atoms with Gasteiger partial charge in [0.1, 0.15) is 0 Å². The molecular weight excluding hydrogens is 366 g/mol. The van der Waals surface area contributed by atoms with Gasteiger partial charge in [-0.2, -0.15) is 0 Å². The topological polar surface area (TPSA) is 104 Å². The average Bonchev–Trinajstić information content (AvgIpc) is 2.90. The van der Waals surface area contributed by atoms with Crippen molar-refractivity contribution in [2.45, 2.75) is 6.92 Å². The number of nitro benzene ring substituents is 1. The van der Waals surface area contributed by atoms with E-state index in [4.69, 9.17) is 9.47 Å². The highest BCUT2D eigenvalue weighted by molar-refractivity contribution is 9.10. The van der Waals surface area contributed by atoms with Crippen molar-refractivity contribution in [3.05, 3.63) is 37.8 Å². The molecule has 0 saturated heterocycles. The molecule has 110 valence electrons. The monoisotopic (exact) mass is 373 g/mol. The largest absolute Gasteiger partial charge is 0.461 e. The number of carbonyl (C=O) groups is 1. The number of esters is 1. The molecule has 8 nitrogen and oxygen atoms in total. The number of ether oxygens (including phenoxy) is 2. The zero-order chi connectivity index (χ0) is 15.4. The van der Waals surface area contributed by atoms with E-state index < -0.39 is 10.9 Å². The molecule has 0 unspecified atom stereocenters. The van der Waals surface area contributed by atoms with Gasteiger partial charge in [-0.05, 0) is 40.3 Å². The second-order valence-corrected chi connectivity index (χ2v) is 5.34. The van der Waals surface area contributed by atoms with E-state index in [2.05, 4.69) is 26.1 Å². The van der Waals surface area contributed by atoms with Crippen LogP contribution in [-0.4, -0.2) is 27.7 Å². The lowest BCUT2D eigenvalue weighted by molar-refractivity contribution is -0.385. The summed E-state index contributed by atoms with van der Waals surface area (Å²) in [6.45, 7) is 1.88. The summed E-state index contributed by atoms with van der Waals surface area (Å²) in [6, 6.07) is 4.40. The van der Waals surface area contributed by atoms with Gasteiger partial charge in [-0.25, -0.2) is 4.79 Å². The highest BCUT2D eigenvalue weighted by Crippen LogP contribution is 2.38. The van der Waals surface area contributed by atoms with Crippen LogP contribution in [0, 0.1) is 10.1 Å². The third kappa shape index (κ3) is 3.52. The molecule has 1 heterocycles. The minimum atomic E-state index is -0.619. The van der Waals surface area contributed by atoms with Crippen LogP contribution in [0.3, 0.4) is 0 Å². The SMILES string of the molecule is CCOC(=O)c1nnc(Oc2c(Br)cccc2[N+](=O)[O-])s1. The summed E-state index contributed by atoms with van der Waals surface area (Å²) < 4.78 is 10.5. The third-order valence-electron chi connectivity index (χ3n) is 2.19. The first-order chi connectivity index (χ1) is 10.0. The number of nitro groups is 1. The molecule has 0 aliphatic carbocycles. The summed E-state index contributed by atoms with van der Waals surface area (Å²) >= 11 is 4.01. The Labute approximate surface area is 131 Å². The molecule has 0 fully saturated rings.